The molecule has 0 spiro atoms. The maximum atomic E-state index is 11.4. The molecule has 9 nitrogen and oxygen atoms in total. The average Bonchev–Trinajstić information content (AvgIpc) is 3.68. The topological polar surface area (TPSA) is 112 Å². The van der Waals surface area contributed by atoms with Crippen LogP contribution in [-0.4, -0.2) is 50.7 Å². The van der Waals surface area contributed by atoms with Crippen LogP contribution in [0.25, 0.3) is 43.6 Å². The highest BCUT2D eigenvalue weighted by Crippen LogP contribution is 2.30. The third kappa shape index (κ3) is 11.9. The standard InChI is InChI=1S/C19H21NO2.C17H18N2O2.C7H13BrO2/c1-2-22-19(21)13-7-8-14-20-17-11-5-3-9-15(17)16-10-4-6-12-18(16)20;20-17(18-21)11-5-6-12-19-15-9-3-1-7-13(15)14-8-2-4-10-16(14)19;1-2-10-7(9)5-3-4-6-8/h3-6,9-12H,2,7-8,13-14H2,1H3;1-4,7-10,21H,5-6,11-12H2,(H,18,20);2-6H2,1H3. The van der Waals surface area contributed by atoms with Gasteiger partial charge >= 0.3 is 11.9 Å². The SMILES string of the molecule is CCOC(=O)CCCCBr.CCOC(=O)CCCCn1c2ccccc2c2ccccc21.O=C(CCCCn1c2ccccc2c2ccccc21)NO. The summed E-state index contributed by atoms with van der Waals surface area (Å²) in [6.07, 6.45) is 6.87. The second kappa shape index (κ2) is 22.4. The smallest absolute Gasteiger partial charge is 0.305 e. The monoisotopic (exact) mass is 785 g/mol. The average molecular weight is 787 g/mol. The largest absolute Gasteiger partial charge is 0.466 e. The summed E-state index contributed by atoms with van der Waals surface area (Å²) in [6, 6.07) is 33.8. The predicted molar refractivity (Wildman–Crippen MR) is 217 cm³/mol. The van der Waals surface area contributed by atoms with E-state index in [9.17, 15) is 14.4 Å². The van der Waals surface area contributed by atoms with Crippen LogP contribution >= 0.6 is 15.9 Å². The predicted octanol–water partition coefficient (Wildman–Crippen LogP) is 10.1. The lowest BCUT2D eigenvalue weighted by Crippen LogP contribution is -2.17. The van der Waals surface area contributed by atoms with Crippen molar-refractivity contribution < 1.29 is 29.1 Å². The number of unbranched alkanes of at least 4 members (excludes halogenated alkanes) is 3. The molecule has 2 N–H and O–H groups in total. The van der Waals surface area contributed by atoms with Gasteiger partial charge in [0.2, 0.25) is 5.91 Å². The van der Waals surface area contributed by atoms with Crippen LogP contribution in [0.5, 0.6) is 0 Å². The zero-order chi connectivity index (χ0) is 37.8. The number of hydrogen-bond acceptors (Lipinski definition) is 6. The molecular weight excluding hydrogens is 734 g/mol. The number of hydroxylamine groups is 1. The number of fused-ring (bicyclic) bond motifs is 6. The number of para-hydroxylation sites is 4. The van der Waals surface area contributed by atoms with E-state index < -0.39 is 0 Å². The fourth-order valence-corrected chi connectivity index (χ4v) is 6.87. The summed E-state index contributed by atoms with van der Waals surface area (Å²) in [5.41, 5.74) is 6.65. The van der Waals surface area contributed by atoms with E-state index in [1.54, 1.807) is 5.48 Å². The maximum absolute atomic E-state index is 11.4. The number of alkyl halides is 1. The van der Waals surface area contributed by atoms with E-state index in [0.717, 1.165) is 56.9 Å². The molecule has 6 rings (SSSR count). The summed E-state index contributed by atoms with van der Waals surface area (Å²) in [4.78, 5) is 33.1. The van der Waals surface area contributed by atoms with Crippen LogP contribution < -0.4 is 5.48 Å². The first-order valence-electron chi connectivity index (χ1n) is 18.6. The molecule has 0 aliphatic carbocycles. The summed E-state index contributed by atoms with van der Waals surface area (Å²) >= 11 is 3.29. The molecule has 0 unspecified atom stereocenters. The van der Waals surface area contributed by atoms with E-state index in [4.69, 9.17) is 14.7 Å². The van der Waals surface area contributed by atoms with Crippen LogP contribution in [0.2, 0.25) is 0 Å². The first-order chi connectivity index (χ1) is 25.9. The summed E-state index contributed by atoms with van der Waals surface area (Å²) in [5.74, 6) is -0.495. The Morgan fingerprint density at radius 2 is 0.887 bits per heavy atom. The zero-order valence-corrected chi connectivity index (χ0v) is 32.5. The summed E-state index contributed by atoms with van der Waals surface area (Å²) in [7, 11) is 0. The van der Waals surface area contributed by atoms with Gasteiger partial charge in [-0.15, -0.1) is 0 Å². The Hall–Kier alpha value is -4.67. The second-order valence-corrected chi connectivity index (χ2v) is 13.4. The number of ether oxygens (including phenoxy) is 2. The van der Waals surface area contributed by atoms with Crippen molar-refractivity contribution in [1.82, 2.24) is 14.6 Å². The second-order valence-electron chi connectivity index (χ2n) is 12.6. The Kier molecular flexibility index (Phi) is 17.4. The molecule has 0 aliphatic heterocycles. The number of nitrogens with one attached hydrogen (secondary N) is 1. The quantitative estimate of drug-likeness (QED) is 0.0332. The van der Waals surface area contributed by atoms with Crippen molar-refractivity contribution >= 4 is 77.4 Å². The van der Waals surface area contributed by atoms with Gasteiger partial charge in [0, 0.05) is 81.3 Å². The van der Waals surface area contributed by atoms with Gasteiger partial charge in [-0.3, -0.25) is 19.6 Å². The van der Waals surface area contributed by atoms with Gasteiger partial charge in [-0.05, 0) is 76.6 Å². The molecular formula is C43H52BrN3O6. The van der Waals surface area contributed by atoms with Crippen molar-refractivity contribution in [2.45, 2.75) is 84.7 Å². The minimum Gasteiger partial charge on any atom is -0.466 e. The van der Waals surface area contributed by atoms with Gasteiger partial charge in [0.15, 0.2) is 0 Å². The van der Waals surface area contributed by atoms with Crippen LogP contribution in [0.3, 0.4) is 0 Å². The normalized spacial score (nSPS) is 10.8. The number of aromatic nitrogens is 2. The van der Waals surface area contributed by atoms with Crippen molar-refractivity contribution in [3.05, 3.63) is 97.1 Å². The van der Waals surface area contributed by atoms with E-state index in [2.05, 4.69) is 122 Å². The van der Waals surface area contributed by atoms with Crippen LogP contribution in [0.4, 0.5) is 0 Å². The number of esters is 2. The Labute approximate surface area is 320 Å². The zero-order valence-electron chi connectivity index (χ0n) is 30.9. The summed E-state index contributed by atoms with van der Waals surface area (Å²) < 4.78 is 14.4. The van der Waals surface area contributed by atoms with Crippen LogP contribution in [-0.2, 0) is 36.9 Å². The van der Waals surface area contributed by atoms with Gasteiger partial charge in [0.05, 0.1) is 13.2 Å². The van der Waals surface area contributed by atoms with E-state index in [1.165, 1.54) is 43.6 Å². The lowest BCUT2D eigenvalue weighted by Gasteiger charge is -2.07. The highest BCUT2D eigenvalue weighted by Gasteiger charge is 2.11. The fraction of sp³-hybridized carbons (Fsp3) is 0.372. The minimum absolute atomic E-state index is 0.0801. The fourth-order valence-electron chi connectivity index (χ4n) is 6.47. The van der Waals surface area contributed by atoms with Crippen LogP contribution in [0.15, 0.2) is 97.1 Å². The molecule has 0 saturated carbocycles. The first kappa shape index (κ1) is 41.1. The van der Waals surface area contributed by atoms with Crippen LogP contribution in [0, 0.1) is 0 Å². The van der Waals surface area contributed by atoms with Gasteiger partial charge in [0.25, 0.3) is 0 Å². The number of carbonyl (C=O) groups excluding carboxylic acids is 3. The maximum Gasteiger partial charge on any atom is 0.305 e. The number of amides is 1. The number of nitrogens with zero attached hydrogens (tertiary/aromatic N) is 2. The Balaban J connectivity index is 0.000000191. The van der Waals surface area contributed by atoms with Gasteiger partial charge in [-0.2, -0.15) is 0 Å². The molecule has 0 fully saturated rings. The lowest BCUT2D eigenvalue weighted by atomic mass is 10.2. The van der Waals surface area contributed by atoms with Gasteiger partial charge in [0.1, 0.15) is 0 Å². The third-order valence-electron chi connectivity index (χ3n) is 8.91. The van der Waals surface area contributed by atoms with Crippen molar-refractivity contribution in [3.63, 3.8) is 0 Å². The minimum atomic E-state index is -0.322. The van der Waals surface area contributed by atoms with Crippen molar-refractivity contribution in [3.8, 4) is 0 Å². The molecule has 2 aromatic heterocycles. The number of carbonyl (C=O) groups is 3. The molecule has 0 saturated heterocycles. The first-order valence-corrected chi connectivity index (χ1v) is 19.8. The highest BCUT2D eigenvalue weighted by molar-refractivity contribution is 9.09. The van der Waals surface area contributed by atoms with E-state index >= 15 is 0 Å². The number of hydrogen-bond donors (Lipinski definition) is 2. The van der Waals surface area contributed by atoms with E-state index in [-0.39, 0.29) is 17.8 Å². The van der Waals surface area contributed by atoms with Gasteiger partial charge in [-0.25, -0.2) is 5.48 Å². The van der Waals surface area contributed by atoms with Crippen molar-refractivity contribution in [2.24, 2.45) is 0 Å². The molecule has 53 heavy (non-hydrogen) atoms. The molecule has 0 radical (unpaired) electrons. The van der Waals surface area contributed by atoms with E-state index in [0.29, 0.717) is 32.5 Å². The van der Waals surface area contributed by atoms with Crippen molar-refractivity contribution in [2.75, 3.05) is 18.5 Å². The molecule has 0 atom stereocenters. The lowest BCUT2D eigenvalue weighted by molar-refractivity contribution is -0.144. The molecule has 2 heterocycles. The van der Waals surface area contributed by atoms with E-state index in [1.807, 2.05) is 13.8 Å². The Morgan fingerprint density at radius 1 is 0.547 bits per heavy atom. The Bertz CT molecular complexity index is 1950. The number of rotatable bonds is 16. The molecule has 6 aromatic rings. The molecule has 1 amide bonds. The number of aryl methyl sites for hydroxylation is 2. The highest BCUT2D eigenvalue weighted by atomic mass is 79.9. The Morgan fingerprint density at radius 3 is 1.23 bits per heavy atom. The molecule has 0 bridgehead atoms. The summed E-state index contributed by atoms with van der Waals surface area (Å²) in [5, 5.41) is 14.6. The van der Waals surface area contributed by atoms with Crippen LogP contribution in [0.1, 0.15) is 71.6 Å². The molecule has 4 aromatic carbocycles. The van der Waals surface area contributed by atoms with Gasteiger partial charge in [-0.1, -0.05) is 88.7 Å². The number of halogens is 1. The molecule has 10 heteroatoms. The van der Waals surface area contributed by atoms with Crippen molar-refractivity contribution in [1.29, 1.82) is 0 Å². The summed E-state index contributed by atoms with van der Waals surface area (Å²) in [6.45, 7) is 6.41. The molecule has 0 aliphatic rings. The number of benzene rings is 4. The molecule has 282 valence electrons. The third-order valence-corrected chi connectivity index (χ3v) is 9.47. The van der Waals surface area contributed by atoms with Gasteiger partial charge < -0.3 is 18.6 Å².